The first-order chi connectivity index (χ1) is 12.3. The summed E-state index contributed by atoms with van der Waals surface area (Å²) in [4.78, 5) is 12.0. The highest BCUT2D eigenvalue weighted by atomic mass is 127. The lowest BCUT2D eigenvalue weighted by atomic mass is 10.0. The first-order valence-electron chi connectivity index (χ1n) is 9.43. The second-order valence-electron chi connectivity index (χ2n) is 6.53. The van der Waals surface area contributed by atoms with Crippen molar-refractivity contribution in [1.82, 2.24) is 0 Å². The third-order valence-electron chi connectivity index (χ3n) is 4.49. The molecule has 0 bridgehead atoms. The van der Waals surface area contributed by atoms with Crippen molar-refractivity contribution in [3.05, 3.63) is 66.5 Å². The maximum Gasteiger partial charge on any atom is 0.313 e. The lowest BCUT2D eigenvalue weighted by Crippen LogP contribution is -3.00. The van der Waals surface area contributed by atoms with E-state index in [1.807, 2.05) is 43.3 Å². The SMILES string of the molecule is C[C@@H](C(=O)OCCCCCCCC[n+]1ccccc1)c1ccccc1.[I-]. The van der Waals surface area contributed by atoms with Gasteiger partial charge in [-0.05, 0) is 25.3 Å². The second kappa shape index (κ2) is 13.7. The number of carbonyl (C=O) groups excluding carboxylic acids is 1. The van der Waals surface area contributed by atoms with Gasteiger partial charge in [0.15, 0.2) is 12.4 Å². The number of hydrogen-bond acceptors (Lipinski definition) is 2. The Morgan fingerprint density at radius 2 is 1.46 bits per heavy atom. The molecule has 0 spiro atoms. The Morgan fingerprint density at radius 1 is 0.885 bits per heavy atom. The zero-order valence-corrected chi connectivity index (χ0v) is 17.8. The van der Waals surface area contributed by atoms with Crippen LogP contribution in [0.25, 0.3) is 0 Å². The largest absolute Gasteiger partial charge is 1.00 e. The van der Waals surface area contributed by atoms with E-state index in [4.69, 9.17) is 4.74 Å². The molecule has 0 unspecified atom stereocenters. The van der Waals surface area contributed by atoms with Gasteiger partial charge in [-0.2, -0.15) is 0 Å². The molecular weight excluding hydrogens is 437 g/mol. The van der Waals surface area contributed by atoms with E-state index in [1.54, 1.807) is 0 Å². The number of hydrogen-bond donors (Lipinski definition) is 0. The van der Waals surface area contributed by atoms with Crippen molar-refractivity contribution in [3.8, 4) is 0 Å². The van der Waals surface area contributed by atoms with Crippen molar-refractivity contribution in [2.75, 3.05) is 6.61 Å². The van der Waals surface area contributed by atoms with Gasteiger partial charge in [-0.25, -0.2) is 4.57 Å². The van der Waals surface area contributed by atoms with Crippen LogP contribution in [0.15, 0.2) is 60.9 Å². The van der Waals surface area contributed by atoms with E-state index < -0.39 is 0 Å². The van der Waals surface area contributed by atoms with Crippen molar-refractivity contribution >= 4 is 5.97 Å². The molecule has 0 amide bonds. The summed E-state index contributed by atoms with van der Waals surface area (Å²) >= 11 is 0. The molecule has 0 aliphatic heterocycles. The first-order valence-corrected chi connectivity index (χ1v) is 9.43. The minimum Gasteiger partial charge on any atom is -1.00 e. The predicted octanol–water partition coefficient (Wildman–Crippen LogP) is 1.67. The van der Waals surface area contributed by atoms with Crippen molar-refractivity contribution < 1.29 is 38.1 Å². The average molecular weight is 467 g/mol. The van der Waals surface area contributed by atoms with Crippen molar-refractivity contribution in [2.45, 2.75) is 57.9 Å². The number of pyridine rings is 1. The van der Waals surface area contributed by atoms with Crippen LogP contribution in [-0.2, 0) is 16.1 Å². The topological polar surface area (TPSA) is 30.2 Å². The van der Waals surface area contributed by atoms with E-state index in [9.17, 15) is 4.79 Å². The van der Waals surface area contributed by atoms with Gasteiger partial charge in [0, 0.05) is 18.6 Å². The van der Waals surface area contributed by atoms with Crippen LogP contribution in [-0.4, -0.2) is 12.6 Å². The van der Waals surface area contributed by atoms with Gasteiger partial charge in [0.25, 0.3) is 0 Å². The monoisotopic (exact) mass is 467 g/mol. The number of ether oxygens (including phenoxy) is 1. The zero-order chi connectivity index (χ0) is 17.7. The average Bonchev–Trinajstić information content (AvgIpc) is 2.67. The number of aryl methyl sites for hydroxylation is 1. The molecule has 0 aliphatic carbocycles. The van der Waals surface area contributed by atoms with Crippen LogP contribution in [0.4, 0.5) is 0 Å². The third kappa shape index (κ3) is 8.79. The molecule has 0 fully saturated rings. The summed E-state index contributed by atoms with van der Waals surface area (Å²) in [5.74, 6) is -0.303. The summed E-state index contributed by atoms with van der Waals surface area (Å²) in [7, 11) is 0. The zero-order valence-electron chi connectivity index (χ0n) is 15.6. The molecule has 2 rings (SSSR count). The number of rotatable bonds is 11. The Balaban J connectivity index is 0.00000338. The van der Waals surface area contributed by atoms with Gasteiger partial charge in [0.1, 0.15) is 6.54 Å². The number of esters is 1. The van der Waals surface area contributed by atoms with Gasteiger partial charge < -0.3 is 28.7 Å². The molecule has 0 radical (unpaired) electrons. The van der Waals surface area contributed by atoms with Crippen LogP contribution in [0.2, 0.25) is 0 Å². The lowest BCUT2D eigenvalue weighted by molar-refractivity contribution is -0.697. The fourth-order valence-electron chi connectivity index (χ4n) is 2.86. The number of nitrogens with zero attached hydrogens (tertiary/aromatic N) is 1. The van der Waals surface area contributed by atoms with Crippen LogP contribution in [0.5, 0.6) is 0 Å². The highest BCUT2D eigenvalue weighted by molar-refractivity contribution is 5.77. The van der Waals surface area contributed by atoms with Crippen LogP contribution in [0.1, 0.15) is 56.9 Å². The van der Waals surface area contributed by atoms with Gasteiger partial charge >= 0.3 is 5.97 Å². The molecule has 4 heteroatoms. The Morgan fingerprint density at radius 3 is 2.15 bits per heavy atom. The van der Waals surface area contributed by atoms with Gasteiger partial charge in [0.2, 0.25) is 0 Å². The molecule has 1 atom stereocenters. The molecule has 1 aromatic carbocycles. The number of unbranched alkanes of at least 4 members (excludes halogenated alkanes) is 5. The Kier molecular flexibility index (Phi) is 11.9. The molecule has 142 valence electrons. The van der Waals surface area contributed by atoms with Crippen LogP contribution < -0.4 is 28.5 Å². The molecule has 1 heterocycles. The highest BCUT2D eigenvalue weighted by Crippen LogP contribution is 2.16. The van der Waals surface area contributed by atoms with E-state index >= 15 is 0 Å². The smallest absolute Gasteiger partial charge is 0.313 e. The quantitative estimate of drug-likeness (QED) is 0.218. The molecular formula is C22H30INO2. The summed E-state index contributed by atoms with van der Waals surface area (Å²) in [5, 5.41) is 0. The maximum atomic E-state index is 12.0. The molecule has 0 N–H and O–H groups in total. The fraction of sp³-hybridized carbons (Fsp3) is 0.455. The molecule has 26 heavy (non-hydrogen) atoms. The predicted molar refractivity (Wildman–Crippen MR) is 100 cm³/mol. The van der Waals surface area contributed by atoms with Crippen molar-refractivity contribution in [1.29, 1.82) is 0 Å². The Labute approximate surface area is 174 Å². The van der Waals surface area contributed by atoms with E-state index in [2.05, 4.69) is 29.1 Å². The van der Waals surface area contributed by atoms with Crippen molar-refractivity contribution in [2.24, 2.45) is 0 Å². The molecule has 2 aromatic rings. The van der Waals surface area contributed by atoms with E-state index in [0.29, 0.717) is 6.61 Å². The van der Waals surface area contributed by atoms with E-state index in [0.717, 1.165) is 24.9 Å². The normalized spacial score (nSPS) is 11.4. The molecule has 0 saturated heterocycles. The third-order valence-corrected chi connectivity index (χ3v) is 4.49. The number of carbonyl (C=O) groups is 1. The second-order valence-corrected chi connectivity index (χ2v) is 6.53. The van der Waals surface area contributed by atoms with Crippen LogP contribution in [0.3, 0.4) is 0 Å². The van der Waals surface area contributed by atoms with E-state index in [1.165, 1.54) is 25.7 Å². The molecule has 0 aliphatic rings. The summed E-state index contributed by atoms with van der Waals surface area (Å²) in [6.45, 7) is 3.54. The minimum atomic E-state index is -0.184. The summed E-state index contributed by atoms with van der Waals surface area (Å²) in [6.07, 6.45) is 11.3. The van der Waals surface area contributed by atoms with Gasteiger partial charge in [0.05, 0.1) is 12.5 Å². The van der Waals surface area contributed by atoms with Crippen LogP contribution in [0, 0.1) is 0 Å². The standard InChI is InChI=1S/C22H30NO2.HI/c1-20(21-14-8-6-9-15-21)22(24)25-19-13-5-3-2-4-10-16-23-17-11-7-12-18-23;/h6-9,11-12,14-15,17-18,20H,2-5,10,13,16,19H2,1H3;1H/q+1;/p-1/t20-;/m1./s1. The number of aromatic nitrogens is 1. The Bertz CT molecular complexity index is 604. The van der Waals surface area contributed by atoms with Gasteiger partial charge in [-0.3, -0.25) is 4.79 Å². The van der Waals surface area contributed by atoms with Gasteiger partial charge in [-0.15, -0.1) is 0 Å². The summed E-state index contributed by atoms with van der Waals surface area (Å²) in [5.41, 5.74) is 1.02. The van der Waals surface area contributed by atoms with Crippen molar-refractivity contribution in [3.63, 3.8) is 0 Å². The molecule has 1 aromatic heterocycles. The highest BCUT2D eigenvalue weighted by Gasteiger charge is 2.15. The fourth-order valence-corrected chi connectivity index (χ4v) is 2.86. The van der Waals surface area contributed by atoms with Gasteiger partial charge in [-0.1, -0.05) is 55.7 Å². The summed E-state index contributed by atoms with van der Waals surface area (Å²) in [6, 6.07) is 16.0. The lowest BCUT2D eigenvalue weighted by Gasteiger charge is -2.11. The van der Waals surface area contributed by atoms with Crippen LogP contribution >= 0.6 is 0 Å². The minimum absolute atomic E-state index is 0. The number of halogens is 1. The first kappa shape index (κ1) is 22.6. The van der Waals surface area contributed by atoms with E-state index in [-0.39, 0.29) is 35.9 Å². The number of benzene rings is 1. The Hall–Kier alpha value is -1.43. The summed E-state index contributed by atoms with van der Waals surface area (Å²) < 4.78 is 7.63. The molecule has 3 nitrogen and oxygen atoms in total. The molecule has 0 saturated carbocycles. The maximum absolute atomic E-state index is 12.0.